The van der Waals surface area contributed by atoms with Crippen molar-refractivity contribution in [3.8, 4) is 0 Å². The summed E-state index contributed by atoms with van der Waals surface area (Å²) in [6.07, 6.45) is 2.37. The van der Waals surface area contributed by atoms with Crippen molar-refractivity contribution in [3.63, 3.8) is 0 Å². The first-order chi connectivity index (χ1) is 9.00. The van der Waals surface area contributed by atoms with E-state index in [1.807, 2.05) is 0 Å². The van der Waals surface area contributed by atoms with Gasteiger partial charge in [0.2, 0.25) is 0 Å². The molecule has 0 amide bonds. The number of rotatable bonds is 2. The Balaban J connectivity index is 2.19. The van der Waals surface area contributed by atoms with E-state index in [1.165, 1.54) is 34.1 Å². The molecule has 1 aliphatic rings. The zero-order valence-electron chi connectivity index (χ0n) is 12.4. The highest BCUT2D eigenvalue weighted by molar-refractivity contribution is 5.86. The Labute approximate surface area is 115 Å². The van der Waals surface area contributed by atoms with Crippen LogP contribution in [-0.4, -0.2) is 11.5 Å². The van der Waals surface area contributed by atoms with Crippen LogP contribution in [0.15, 0.2) is 18.2 Å². The summed E-state index contributed by atoms with van der Waals surface area (Å²) in [6, 6.07) is 7.23. The maximum atomic E-state index is 3.67. The summed E-state index contributed by atoms with van der Waals surface area (Å²) in [6.45, 7) is 10.1. The highest BCUT2D eigenvalue weighted by Gasteiger charge is 2.34. The Morgan fingerprint density at radius 3 is 2.89 bits per heavy atom. The molecule has 1 heterocycles. The third-order valence-electron chi connectivity index (χ3n) is 4.29. The molecule has 3 rings (SSSR count). The van der Waals surface area contributed by atoms with Gasteiger partial charge in [0.05, 0.1) is 0 Å². The van der Waals surface area contributed by atoms with Crippen molar-refractivity contribution in [1.29, 1.82) is 0 Å². The fourth-order valence-electron chi connectivity index (χ4n) is 3.55. The van der Waals surface area contributed by atoms with Crippen molar-refractivity contribution in [1.82, 2.24) is 10.3 Å². The Hall–Kier alpha value is -1.28. The van der Waals surface area contributed by atoms with Crippen LogP contribution in [0.2, 0.25) is 0 Å². The van der Waals surface area contributed by atoms with E-state index in [-0.39, 0.29) is 0 Å². The van der Waals surface area contributed by atoms with Crippen LogP contribution in [0, 0.1) is 12.3 Å². The van der Waals surface area contributed by atoms with Crippen molar-refractivity contribution in [2.75, 3.05) is 6.54 Å². The molecule has 2 heteroatoms. The van der Waals surface area contributed by atoms with Gasteiger partial charge in [-0.1, -0.05) is 32.4 Å². The minimum Gasteiger partial charge on any atom is -0.358 e. The molecule has 0 fully saturated rings. The quantitative estimate of drug-likeness (QED) is 0.832. The molecule has 2 nitrogen and oxygen atoms in total. The summed E-state index contributed by atoms with van der Waals surface area (Å²) in [4.78, 5) is 3.65. The van der Waals surface area contributed by atoms with Gasteiger partial charge in [-0.05, 0) is 49.4 Å². The number of fused-ring (bicyclic) bond motifs is 3. The Kier molecular flexibility index (Phi) is 2.94. The molecule has 1 unspecified atom stereocenters. The molecule has 0 radical (unpaired) electrons. The number of aromatic amines is 1. The first kappa shape index (κ1) is 12.7. The molecule has 1 atom stereocenters. The van der Waals surface area contributed by atoms with E-state index < -0.39 is 0 Å². The third-order valence-corrected chi connectivity index (χ3v) is 4.29. The lowest BCUT2D eigenvalue weighted by molar-refractivity contribution is 0.259. The molecule has 1 aliphatic carbocycles. The van der Waals surface area contributed by atoms with Gasteiger partial charge in [0.25, 0.3) is 0 Å². The number of hydrogen-bond donors (Lipinski definition) is 2. The second-order valence-corrected chi connectivity index (χ2v) is 6.72. The van der Waals surface area contributed by atoms with Crippen LogP contribution in [0.4, 0.5) is 0 Å². The zero-order valence-corrected chi connectivity index (χ0v) is 12.4. The monoisotopic (exact) mass is 256 g/mol. The molecule has 2 N–H and O–H groups in total. The number of H-pyrrole nitrogens is 1. The Bertz CT molecular complexity index is 607. The summed E-state index contributed by atoms with van der Waals surface area (Å²) in [5, 5.41) is 5.09. The smallest absolute Gasteiger partial charge is 0.0459 e. The summed E-state index contributed by atoms with van der Waals surface area (Å²) < 4.78 is 0. The lowest BCUT2D eigenvalue weighted by Crippen LogP contribution is -2.33. The Morgan fingerprint density at radius 1 is 1.37 bits per heavy atom. The molecule has 0 aliphatic heterocycles. The maximum absolute atomic E-state index is 3.67. The fourth-order valence-corrected chi connectivity index (χ4v) is 3.55. The number of nitrogens with one attached hydrogen (secondary N) is 2. The van der Waals surface area contributed by atoms with Crippen LogP contribution in [-0.2, 0) is 6.42 Å². The lowest BCUT2D eigenvalue weighted by Gasteiger charge is -2.36. The van der Waals surface area contributed by atoms with Crippen LogP contribution in [0.3, 0.4) is 0 Å². The number of hydrogen-bond acceptors (Lipinski definition) is 1. The second kappa shape index (κ2) is 4.38. The van der Waals surface area contributed by atoms with E-state index in [9.17, 15) is 0 Å². The van der Waals surface area contributed by atoms with Crippen LogP contribution in [0.5, 0.6) is 0 Å². The fraction of sp³-hybridized carbons (Fsp3) is 0.529. The van der Waals surface area contributed by atoms with Crippen LogP contribution in [0.1, 0.15) is 50.1 Å². The number of aryl methyl sites for hydroxylation is 1. The molecule has 19 heavy (non-hydrogen) atoms. The minimum atomic E-state index is 0.371. The molecule has 1 aromatic carbocycles. The first-order valence-electron chi connectivity index (χ1n) is 7.34. The minimum absolute atomic E-state index is 0.371. The van der Waals surface area contributed by atoms with E-state index in [1.54, 1.807) is 0 Å². The van der Waals surface area contributed by atoms with Crippen molar-refractivity contribution in [2.45, 2.75) is 46.6 Å². The standard InChI is InChI=1S/C17H24N2/c1-5-18-14-9-17(3,4)10-15-16(14)12-8-11(2)6-7-13(12)19-15/h6-8,14,18-19H,5,9-10H2,1-4H3. The van der Waals surface area contributed by atoms with E-state index in [0.717, 1.165) is 13.0 Å². The molecular formula is C17H24N2. The van der Waals surface area contributed by atoms with E-state index >= 15 is 0 Å². The predicted molar refractivity (Wildman–Crippen MR) is 81.6 cm³/mol. The van der Waals surface area contributed by atoms with E-state index in [2.05, 4.69) is 56.2 Å². The molecule has 0 saturated carbocycles. The molecule has 1 aromatic heterocycles. The SMILES string of the molecule is CCNC1CC(C)(C)Cc2[nH]c3ccc(C)cc3c21. The van der Waals surface area contributed by atoms with Gasteiger partial charge < -0.3 is 10.3 Å². The van der Waals surface area contributed by atoms with Crippen LogP contribution in [0.25, 0.3) is 10.9 Å². The normalized spacial score (nSPS) is 21.6. The van der Waals surface area contributed by atoms with Gasteiger partial charge in [0.15, 0.2) is 0 Å². The molecule has 0 spiro atoms. The van der Waals surface area contributed by atoms with Gasteiger partial charge in [0, 0.05) is 22.6 Å². The number of benzene rings is 1. The maximum Gasteiger partial charge on any atom is 0.0459 e. The van der Waals surface area contributed by atoms with Gasteiger partial charge in [-0.25, -0.2) is 0 Å². The molecule has 2 aromatic rings. The zero-order chi connectivity index (χ0) is 13.6. The van der Waals surface area contributed by atoms with Crippen LogP contribution >= 0.6 is 0 Å². The Morgan fingerprint density at radius 2 is 2.16 bits per heavy atom. The first-order valence-corrected chi connectivity index (χ1v) is 7.34. The average molecular weight is 256 g/mol. The van der Waals surface area contributed by atoms with Crippen molar-refractivity contribution < 1.29 is 0 Å². The van der Waals surface area contributed by atoms with E-state index in [0.29, 0.717) is 11.5 Å². The van der Waals surface area contributed by atoms with E-state index in [4.69, 9.17) is 0 Å². The third kappa shape index (κ3) is 2.18. The molecular weight excluding hydrogens is 232 g/mol. The largest absolute Gasteiger partial charge is 0.358 e. The number of aromatic nitrogens is 1. The highest BCUT2D eigenvalue weighted by atomic mass is 14.9. The van der Waals surface area contributed by atoms with Gasteiger partial charge in [-0.3, -0.25) is 0 Å². The van der Waals surface area contributed by atoms with Gasteiger partial charge in [-0.15, -0.1) is 0 Å². The topological polar surface area (TPSA) is 27.8 Å². The predicted octanol–water partition coefficient (Wildman–Crippen LogP) is 4.10. The lowest BCUT2D eigenvalue weighted by atomic mass is 9.74. The molecule has 0 saturated heterocycles. The van der Waals surface area contributed by atoms with Crippen molar-refractivity contribution in [3.05, 3.63) is 35.0 Å². The summed E-state index contributed by atoms with van der Waals surface area (Å²) in [7, 11) is 0. The van der Waals surface area contributed by atoms with Gasteiger partial charge >= 0.3 is 0 Å². The van der Waals surface area contributed by atoms with Crippen molar-refractivity contribution >= 4 is 10.9 Å². The molecule has 0 bridgehead atoms. The highest BCUT2D eigenvalue weighted by Crippen LogP contribution is 2.43. The van der Waals surface area contributed by atoms with Crippen molar-refractivity contribution in [2.24, 2.45) is 5.41 Å². The second-order valence-electron chi connectivity index (χ2n) is 6.72. The average Bonchev–Trinajstić information content (AvgIpc) is 2.64. The summed E-state index contributed by atoms with van der Waals surface area (Å²) >= 11 is 0. The van der Waals surface area contributed by atoms with Gasteiger partial charge in [0.1, 0.15) is 0 Å². The summed E-state index contributed by atoms with van der Waals surface area (Å²) in [5.74, 6) is 0. The molecule has 102 valence electrons. The van der Waals surface area contributed by atoms with Gasteiger partial charge in [-0.2, -0.15) is 0 Å². The summed E-state index contributed by atoms with van der Waals surface area (Å²) in [5.41, 5.74) is 5.95. The van der Waals surface area contributed by atoms with Crippen LogP contribution < -0.4 is 5.32 Å².